The molecule has 2 heterocycles. The van der Waals surface area contributed by atoms with Crippen LogP contribution >= 0.6 is 0 Å². The molecule has 0 radical (unpaired) electrons. The maximum absolute atomic E-state index is 13.6. The fraction of sp³-hybridized carbons (Fsp3) is 0.667. The molecule has 4 heteroatoms. The molecule has 0 saturated carbocycles. The molecule has 2 atom stereocenters. The minimum atomic E-state index is -0.340. The number of halogens is 1. The summed E-state index contributed by atoms with van der Waals surface area (Å²) in [6, 6.07) is 4.48. The summed E-state index contributed by atoms with van der Waals surface area (Å²) in [7, 11) is 0. The van der Waals surface area contributed by atoms with Crippen LogP contribution in [0.25, 0.3) is 0 Å². The zero-order chi connectivity index (χ0) is 15.9. The summed E-state index contributed by atoms with van der Waals surface area (Å²) in [6.07, 6.45) is 2.49. The van der Waals surface area contributed by atoms with E-state index in [4.69, 9.17) is 10.5 Å². The van der Waals surface area contributed by atoms with Crippen LogP contribution in [0.4, 0.5) is 4.39 Å². The van der Waals surface area contributed by atoms with E-state index in [1.165, 1.54) is 25.0 Å². The molecule has 0 bridgehead atoms. The van der Waals surface area contributed by atoms with Gasteiger partial charge in [-0.2, -0.15) is 0 Å². The van der Waals surface area contributed by atoms with Crippen LogP contribution in [0.15, 0.2) is 18.2 Å². The second-order valence-electron chi connectivity index (χ2n) is 7.50. The van der Waals surface area contributed by atoms with Gasteiger partial charge < -0.3 is 15.4 Å². The van der Waals surface area contributed by atoms with E-state index in [9.17, 15) is 4.39 Å². The van der Waals surface area contributed by atoms with Crippen molar-refractivity contribution in [3.63, 3.8) is 0 Å². The van der Waals surface area contributed by atoms with Gasteiger partial charge in [0, 0.05) is 24.1 Å². The predicted octanol–water partition coefficient (Wildman–Crippen LogP) is 3.34. The highest BCUT2D eigenvalue weighted by Crippen LogP contribution is 2.43. The van der Waals surface area contributed by atoms with Gasteiger partial charge >= 0.3 is 0 Å². The van der Waals surface area contributed by atoms with Crippen LogP contribution in [-0.4, -0.2) is 30.1 Å². The van der Waals surface area contributed by atoms with Crippen molar-refractivity contribution in [2.75, 3.05) is 19.6 Å². The van der Waals surface area contributed by atoms with Crippen molar-refractivity contribution < 1.29 is 9.13 Å². The first kappa shape index (κ1) is 15.8. The van der Waals surface area contributed by atoms with Crippen molar-refractivity contribution in [1.29, 1.82) is 0 Å². The van der Waals surface area contributed by atoms with E-state index in [0.717, 1.165) is 36.9 Å². The van der Waals surface area contributed by atoms with Gasteiger partial charge in [0.1, 0.15) is 17.2 Å². The number of rotatable bonds is 2. The van der Waals surface area contributed by atoms with Crippen molar-refractivity contribution in [3.05, 3.63) is 29.6 Å². The molecule has 1 saturated heterocycles. The number of nitrogens with two attached hydrogens (primary N) is 1. The third-order valence-corrected chi connectivity index (χ3v) is 5.36. The van der Waals surface area contributed by atoms with Gasteiger partial charge in [-0.05, 0) is 63.9 Å². The number of hydrogen-bond acceptors (Lipinski definition) is 3. The van der Waals surface area contributed by atoms with Crippen molar-refractivity contribution in [2.24, 2.45) is 17.6 Å². The number of ether oxygens (including phenoxy) is 1. The minimum absolute atomic E-state index is 0.162. The van der Waals surface area contributed by atoms with Gasteiger partial charge in [-0.15, -0.1) is 0 Å². The van der Waals surface area contributed by atoms with Gasteiger partial charge in [0.25, 0.3) is 0 Å². The Hall–Kier alpha value is -1.13. The average Bonchev–Trinajstić information content (AvgIpc) is 2.46. The standard InChI is InChI=1S/C18H27FN2O/c1-12-6-8-21(9-7-12)11-15-17(20)14-10-13(19)4-5-16(14)22-18(15,2)3/h4-5,10,12,15,17H,6-9,11,20H2,1-3H3. The van der Waals surface area contributed by atoms with Gasteiger partial charge in [0.05, 0.1) is 0 Å². The monoisotopic (exact) mass is 306 g/mol. The number of piperidine rings is 1. The third-order valence-electron chi connectivity index (χ3n) is 5.36. The maximum Gasteiger partial charge on any atom is 0.125 e. The molecule has 2 aliphatic rings. The van der Waals surface area contributed by atoms with E-state index in [1.807, 2.05) is 0 Å². The molecule has 1 fully saturated rings. The highest BCUT2D eigenvalue weighted by Gasteiger charge is 2.43. The normalized spacial score (nSPS) is 29.0. The van der Waals surface area contributed by atoms with Crippen molar-refractivity contribution in [1.82, 2.24) is 4.90 Å². The molecule has 0 spiro atoms. The third kappa shape index (κ3) is 2.99. The zero-order valence-corrected chi connectivity index (χ0v) is 13.8. The lowest BCUT2D eigenvalue weighted by Gasteiger charge is -2.46. The number of hydrogen-bond donors (Lipinski definition) is 1. The van der Waals surface area contributed by atoms with E-state index in [0.29, 0.717) is 0 Å². The second kappa shape index (κ2) is 5.82. The fourth-order valence-corrected chi connectivity index (χ4v) is 3.74. The summed E-state index contributed by atoms with van der Waals surface area (Å²) in [6.45, 7) is 9.66. The molecule has 1 aromatic carbocycles. The van der Waals surface area contributed by atoms with Crippen molar-refractivity contribution >= 4 is 0 Å². The molecule has 0 aliphatic carbocycles. The molecular formula is C18H27FN2O. The molecule has 0 amide bonds. The predicted molar refractivity (Wildman–Crippen MR) is 86.4 cm³/mol. The Kier molecular flexibility index (Phi) is 4.17. The van der Waals surface area contributed by atoms with Crippen molar-refractivity contribution in [2.45, 2.75) is 45.3 Å². The number of nitrogens with zero attached hydrogens (tertiary/aromatic N) is 1. The number of fused-ring (bicyclic) bond motifs is 1. The smallest absolute Gasteiger partial charge is 0.125 e. The Morgan fingerprint density at radius 1 is 1.32 bits per heavy atom. The first-order valence-electron chi connectivity index (χ1n) is 8.33. The van der Waals surface area contributed by atoms with Crippen LogP contribution in [-0.2, 0) is 0 Å². The van der Waals surface area contributed by atoms with Crippen LogP contribution in [0.3, 0.4) is 0 Å². The van der Waals surface area contributed by atoms with Gasteiger partial charge in [0.2, 0.25) is 0 Å². The molecule has 3 rings (SSSR count). The van der Waals surface area contributed by atoms with Crippen molar-refractivity contribution in [3.8, 4) is 5.75 Å². The average molecular weight is 306 g/mol. The lowest BCUT2D eigenvalue weighted by Crippen LogP contribution is -2.52. The van der Waals surface area contributed by atoms with Gasteiger partial charge in [-0.25, -0.2) is 4.39 Å². The molecule has 2 N–H and O–H groups in total. The highest BCUT2D eigenvalue weighted by atomic mass is 19.1. The summed E-state index contributed by atoms with van der Waals surface area (Å²) < 4.78 is 19.7. The van der Waals surface area contributed by atoms with E-state index >= 15 is 0 Å². The van der Waals surface area contributed by atoms with E-state index in [1.54, 1.807) is 6.07 Å². The highest BCUT2D eigenvalue weighted by molar-refractivity contribution is 5.40. The summed E-state index contributed by atoms with van der Waals surface area (Å²) in [5.74, 6) is 1.45. The van der Waals surface area contributed by atoms with Crippen LogP contribution < -0.4 is 10.5 Å². The molecule has 0 aromatic heterocycles. The van der Waals surface area contributed by atoms with Gasteiger partial charge in [-0.1, -0.05) is 6.92 Å². The van der Waals surface area contributed by atoms with E-state index in [2.05, 4.69) is 25.7 Å². The first-order valence-corrected chi connectivity index (χ1v) is 8.33. The number of likely N-dealkylation sites (tertiary alicyclic amines) is 1. The molecule has 2 aliphatic heterocycles. The summed E-state index contributed by atoms with van der Waals surface area (Å²) >= 11 is 0. The summed E-state index contributed by atoms with van der Waals surface area (Å²) in [5, 5.41) is 0. The molecule has 22 heavy (non-hydrogen) atoms. The SMILES string of the molecule is CC1CCN(CC2C(N)c3cc(F)ccc3OC2(C)C)CC1. The lowest BCUT2D eigenvalue weighted by atomic mass is 9.78. The molecule has 3 nitrogen and oxygen atoms in total. The fourth-order valence-electron chi connectivity index (χ4n) is 3.74. The lowest BCUT2D eigenvalue weighted by molar-refractivity contribution is -0.0111. The van der Waals surface area contributed by atoms with E-state index in [-0.39, 0.29) is 23.4 Å². The Balaban J connectivity index is 1.81. The molecule has 2 unspecified atom stereocenters. The van der Waals surface area contributed by atoms with Gasteiger partial charge in [-0.3, -0.25) is 0 Å². The second-order valence-corrected chi connectivity index (χ2v) is 7.50. The Morgan fingerprint density at radius 2 is 2.00 bits per heavy atom. The molecule has 122 valence electrons. The quantitative estimate of drug-likeness (QED) is 0.910. The molecule has 1 aromatic rings. The number of benzene rings is 1. The summed E-state index contributed by atoms with van der Waals surface area (Å²) in [4.78, 5) is 2.49. The zero-order valence-electron chi connectivity index (χ0n) is 13.8. The van der Waals surface area contributed by atoms with Crippen LogP contribution in [0.1, 0.15) is 45.2 Å². The summed E-state index contributed by atoms with van der Waals surface area (Å²) in [5.41, 5.74) is 6.97. The van der Waals surface area contributed by atoms with E-state index < -0.39 is 0 Å². The minimum Gasteiger partial charge on any atom is -0.487 e. The maximum atomic E-state index is 13.6. The Labute approximate surface area is 132 Å². The van der Waals surface area contributed by atoms with Crippen LogP contribution in [0.2, 0.25) is 0 Å². The van der Waals surface area contributed by atoms with Gasteiger partial charge in [0.15, 0.2) is 0 Å². The van der Waals surface area contributed by atoms with Crippen LogP contribution in [0, 0.1) is 17.7 Å². The largest absolute Gasteiger partial charge is 0.487 e. The van der Waals surface area contributed by atoms with Crippen LogP contribution in [0.5, 0.6) is 5.75 Å². The first-order chi connectivity index (χ1) is 10.4. The Morgan fingerprint density at radius 3 is 2.68 bits per heavy atom. The molecular weight excluding hydrogens is 279 g/mol. The Bertz CT molecular complexity index is 538. The topological polar surface area (TPSA) is 38.5 Å².